The summed E-state index contributed by atoms with van der Waals surface area (Å²) in [5.74, 6) is 1.02. The van der Waals surface area contributed by atoms with Gasteiger partial charge in [0.1, 0.15) is 5.75 Å². The van der Waals surface area contributed by atoms with E-state index in [2.05, 4.69) is 15.1 Å². The molecule has 1 N–H and O–H groups in total. The van der Waals surface area contributed by atoms with Crippen molar-refractivity contribution in [3.63, 3.8) is 0 Å². The van der Waals surface area contributed by atoms with Gasteiger partial charge < -0.3 is 15.0 Å². The summed E-state index contributed by atoms with van der Waals surface area (Å²) in [6, 6.07) is 9.17. The fourth-order valence-corrected chi connectivity index (χ4v) is 4.93. The third-order valence-electron chi connectivity index (χ3n) is 7.02. The van der Waals surface area contributed by atoms with E-state index >= 15 is 0 Å². The van der Waals surface area contributed by atoms with E-state index in [1.54, 1.807) is 24.3 Å². The quantitative estimate of drug-likeness (QED) is 0.304. The third kappa shape index (κ3) is 8.56. The van der Waals surface area contributed by atoms with Crippen molar-refractivity contribution in [2.24, 2.45) is 0 Å². The highest BCUT2D eigenvalue weighted by molar-refractivity contribution is 6.30. The minimum absolute atomic E-state index is 0.00609. The van der Waals surface area contributed by atoms with Gasteiger partial charge in [0.2, 0.25) is 5.91 Å². The van der Waals surface area contributed by atoms with Gasteiger partial charge in [-0.2, -0.15) is 0 Å². The fraction of sp³-hybridized carbons (Fsp3) is 0.533. The molecule has 0 unspecified atom stereocenters. The zero-order valence-electron chi connectivity index (χ0n) is 23.0. The summed E-state index contributed by atoms with van der Waals surface area (Å²) < 4.78 is 6.19. The number of amides is 1. The molecule has 1 aliphatic heterocycles. The Bertz CT molecular complexity index is 1060. The summed E-state index contributed by atoms with van der Waals surface area (Å²) in [6.07, 6.45) is 3.25. The maximum absolute atomic E-state index is 13.1. The number of carbonyl (C=O) groups is 2. The molecule has 37 heavy (non-hydrogen) atoms. The number of halogens is 1. The molecule has 1 heterocycles. The van der Waals surface area contributed by atoms with Crippen molar-refractivity contribution < 1.29 is 14.3 Å². The standard InChI is InChI=1S/C30H42ClN3O3/c1-21(2)32-28(35)20-34-16-14-33(15-17-34)13-7-6-8-18-37-30-22(3)19-27(23(4)24(30)5)29(36)25-9-11-26(31)12-10-25/h9-12,19,21H,6-8,13-18,20H2,1-5H3,(H,32,35). The topological polar surface area (TPSA) is 61.9 Å². The fourth-order valence-electron chi connectivity index (χ4n) is 4.80. The molecule has 1 fully saturated rings. The summed E-state index contributed by atoms with van der Waals surface area (Å²) in [5.41, 5.74) is 4.32. The maximum Gasteiger partial charge on any atom is 0.234 e. The Labute approximate surface area is 227 Å². The first kappa shape index (κ1) is 29.2. The van der Waals surface area contributed by atoms with Crippen LogP contribution in [0.5, 0.6) is 5.75 Å². The highest BCUT2D eigenvalue weighted by Gasteiger charge is 2.20. The Morgan fingerprint density at radius 2 is 1.59 bits per heavy atom. The van der Waals surface area contributed by atoms with Crippen molar-refractivity contribution in [2.45, 2.75) is 59.9 Å². The van der Waals surface area contributed by atoms with E-state index in [0.29, 0.717) is 29.3 Å². The molecule has 0 bridgehead atoms. The van der Waals surface area contributed by atoms with Gasteiger partial charge in [-0.15, -0.1) is 0 Å². The second-order valence-electron chi connectivity index (χ2n) is 10.4. The molecule has 7 heteroatoms. The van der Waals surface area contributed by atoms with Crippen molar-refractivity contribution in [3.8, 4) is 5.75 Å². The molecule has 0 radical (unpaired) electrons. The van der Waals surface area contributed by atoms with Gasteiger partial charge in [-0.05, 0) is 107 Å². The van der Waals surface area contributed by atoms with Crippen LogP contribution in [0, 0.1) is 20.8 Å². The lowest BCUT2D eigenvalue weighted by molar-refractivity contribution is -0.123. The Morgan fingerprint density at radius 3 is 2.24 bits per heavy atom. The van der Waals surface area contributed by atoms with Crippen LogP contribution in [0.2, 0.25) is 5.02 Å². The van der Waals surface area contributed by atoms with Crippen LogP contribution in [0.25, 0.3) is 0 Å². The van der Waals surface area contributed by atoms with Crippen molar-refractivity contribution in [1.82, 2.24) is 15.1 Å². The van der Waals surface area contributed by atoms with E-state index in [-0.39, 0.29) is 17.7 Å². The number of ketones is 1. The summed E-state index contributed by atoms with van der Waals surface area (Å²) in [7, 11) is 0. The molecular formula is C30H42ClN3O3. The van der Waals surface area contributed by atoms with E-state index in [4.69, 9.17) is 16.3 Å². The van der Waals surface area contributed by atoms with Gasteiger partial charge in [0, 0.05) is 48.4 Å². The van der Waals surface area contributed by atoms with Gasteiger partial charge in [0.05, 0.1) is 13.2 Å². The molecule has 3 rings (SSSR count). The second-order valence-corrected chi connectivity index (χ2v) is 10.8. The van der Waals surface area contributed by atoms with Crippen molar-refractivity contribution in [3.05, 3.63) is 63.2 Å². The van der Waals surface area contributed by atoms with Gasteiger partial charge in [-0.1, -0.05) is 11.6 Å². The van der Waals surface area contributed by atoms with Gasteiger partial charge in [-0.25, -0.2) is 0 Å². The number of aryl methyl sites for hydroxylation is 1. The Balaban J connectivity index is 1.39. The van der Waals surface area contributed by atoms with Gasteiger partial charge in [0.25, 0.3) is 0 Å². The van der Waals surface area contributed by atoms with Gasteiger partial charge >= 0.3 is 0 Å². The monoisotopic (exact) mass is 527 g/mol. The molecular weight excluding hydrogens is 486 g/mol. The molecule has 1 saturated heterocycles. The first-order chi connectivity index (χ1) is 17.7. The Morgan fingerprint density at radius 1 is 0.946 bits per heavy atom. The minimum Gasteiger partial charge on any atom is -0.493 e. The third-order valence-corrected chi connectivity index (χ3v) is 7.28. The Hall–Kier alpha value is -2.41. The zero-order valence-corrected chi connectivity index (χ0v) is 23.8. The summed E-state index contributed by atoms with van der Waals surface area (Å²) in [6.45, 7) is 16.2. The van der Waals surface area contributed by atoms with Crippen LogP contribution in [0.1, 0.15) is 65.7 Å². The van der Waals surface area contributed by atoms with Crippen molar-refractivity contribution in [2.75, 3.05) is 45.9 Å². The number of nitrogens with one attached hydrogen (secondary N) is 1. The van der Waals surface area contributed by atoms with E-state index in [1.165, 1.54) is 0 Å². The second kappa shape index (κ2) is 13.9. The molecule has 0 aromatic heterocycles. The lowest BCUT2D eigenvalue weighted by Gasteiger charge is -2.34. The minimum atomic E-state index is 0.00609. The normalized spacial score (nSPS) is 14.7. The number of ether oxygens (including phenoxy) is 1. The lowest BCUT2D eigenvalue weighted by Crippen LogP contribution is -2.50. The molecule has 0 saturated carbocycles. The van der Waals surface area contributed by atoms with Gasteiger partial charge in [-0.3, -0.25) is 14.5 Å². The molecule has 0 atom stereocenters. The maximum atomic E-state index is 13.1. The number of nitrogens with zero attached hydrogens (tertiary/aromatic N) is 2. The van der Waals surface area contributed by atoms with Crippen LogP contribution in [0.15, 0.2) is 30.3 Å². The molecule has 6 nitrogen and oxygen atoms in total. The number of benzene rings is 2. The molecule has 1 amide bonds. The van der Waals surface area contributed by atoms with E-state index in [9.17, 15) is 9.59 Å². The average Bonchev–Trinajstić information content (AvgIpc) is 2.85. The molecule has 2 aromatic rings. The Kier molecular flexibility index (Phi) is 11.0. The summed E-state index contributed by atoms with van der Waals surface area (Å²) in [5, 5.41) is 3.59. The van der Waals surface area contributed by atoms with Crippen molar-refractivity contribution in [1.29, 1.82) is 0 Å². The number of unbranched alkanes of at least 4 members (excludes halogenated alkanes) is 2. The SMILES string of the molecule is Cc1cc(C(=O)c2ccc(Cl)cc2)c(C)c(C)c1OCCCCCN1CCN(CC(=O)NC(C)C)CC1. The number of piperazine rings is 1. The predicted octanol–water partition coefficient (Wildman–Crippen LogP) is 5.19. The van der Waals surface area contributed by atoms with Crippen LogP contribution in [0.4, 0.5) is 0 Å². The largest absolute Gasteiger partial charge is 0.493 e. The predicted molar refractivity (Wildman–Crippen MR) is 151 cm³/mol. The zero-order chi connectivity index (χ0) is 26.9. The van der Waals surface area contributed by atoms with E-state index < -0.39 is 0 Å². The van der Waals surface area contributed by atoms with E-state index in [0.717, 1.165) is 74.4 Å². The van der Waals surface area contributed by atoms with Crippen LogP contribution in [-0.2, 0) is 4.79 Å². The smallest absolute Gasteiger partial charge is 0.234 e. The summed E-state index contributed by atoms with van der Waals surface area (Å²) >= 11 is 5.97. The summed E-state index contributed by atoms with van der Waals surface area (Å²) in [4.78, 5) is 29.7. The van der Waals surface area contributed by atoms with Crippen molar-refractivity contribution >= 4 is 23.3 Å². The van der Waals surface area contributed by atoms with Crippen LogP contribution >= 0.6 is 11.6 Å². The number of hydrogen-bond donors (Lipinski definition) is 1. The van der Waals surface area contributed by atoms with Crippen LogP contribution < -0.4 is 10.1 Å². The van der Waals surface area contributed by atoms with Gasteiger partial charge in [0.15, 0.2) is 5.78 Å². The molecule has 0 spiro atoms. The lowest BCUT2D eigenvalue weighted by atomic mass is 9.93. The highest BCUT2D eigenvalue weighted by Crippen LogP contribution is 2.30. The van der Waals surface area contributed by atoms with Crippen LogP contribution in [0.3, 0.4) is 0 Å². The average molecular weight is 528 g/mol. The molecule has 2 aromatic carbocycles. The van der Waals surface area contributed by atoms with Crippen LogP contribution in [-0.4, -0.2) is 73.4 Å². The first-order valence-electron chi connectivity index (χ1n) is 13.4. The highest BCUT2D eigenvalue weighted by atomic mass is 35.5. The molecule has 1 aliphatic rings. The number of carbonyl (C=O) groups excluding carboxylic acids is 2. The van der Waals surface area contributed by atoms with E-state index in [1.807, 2.05) is 40.7 Å². The molecule has 202 valence electrons. The number of rotatable bonds is 12. The molecule has 0 aliphatic carbocycles. The number of hydrogen-bond acceptors (Lipinski definition) is 5. The first-order valence-corrected chi connectivity index (χ1v) is 13.8.